The fourth-order valence-corrected chi connectivity index (χ4v) is 4.42. The smallest absolute Gasteiger partial charge is 0.318 e. The molecular formula is C15H13F2N3O3S. The molecule has 2 heterocycles. The number of ether oxygens (including phenoxy) is 1. The first-order valence-electron chi connectivity index (χ1n) is 7.33. The molecule has 0 atom stereocenters. The largest absolute Gasteiger partial charge is 0.460 e. The molecule has 0 amide bonds. The molecule has 1 aromatic heterocycles. The Kier molecular flexibility index (Phi) is 3.24. The van der Waals surface area contributed by atoms with Crippen LogP contribution in [-0.4, -0.2) is 30.4 Å². The molecule has 24 heavy (non-hydrogen) atoms. The molecule has 1 fully saturated rings. The maximum atomic E-state index is 12.9. The van der Waals surface area contributed by atoms with Gasteiger partial charge in [0.15, 0.2) is 0 Å². The van der Waals surface area contributed by atoms with Crippen molar-refractivity contribution < 1.29 is 21.9 Å². The van der Waals surface area contributed by atoms with Crippen LogP contribution in [0.25, 0.3) is 0 Å². The molecule has 1 aliphatic carbocycles. The van der Waals surface area contributed by atoms with E-state index in [0.29, 0.717) is 5.56 Å². The molecule has 2 aromatic rings. The summed E-state index contributed by atoms with van der Waals surface area (Å²) in [5.74, 6) is -2.55. The van der Waals surface area contributed by atoms with Gasteiger partial charge in [0.25, 0.3) is 15.9 Å². The van der Waals surface area contributed by atoms with Gasteiger partial charge < -0.3 is 4.74 Å². The van der Waals surface area contributed by atoms with Crippen LogP contribution < -0.4 is 9.04 Å². The number of nitrogens with zero attached hydrogens (tertiary/aromatic N) is 3. The SMILES string of the molecule is O=S1(=O)c2ccccc2CN1c1ccnc(OC2CC(F)(F)C2)n1. The van der Waals surface area contributed by atoms with Gasteiger partial charge in [-0.25, -0.2) is 26.5 Å². The first-order chi connectivity index (χ1) is 11.4. The van der Waals surface area contributed by atoms with Crippen LogP contribution in [-0.2, 0) is 16.6 Å². The Morgan fingerprint density at radius 2 is 1.96 bits per heavy atom. The number of rotatable bonds is 3. The topological polar surface area (TPSA) is 72.4 Å². The predicted molar refractivity (Wildman–Crippen MR) is 80.4 cm³/mol. The van der Waals surface area contributed by atoms with E-state index in [9.17, 15) is 17.2 Å². The van der Waals surface area contributed by atoms with Crippen LogP contribution in [0.5, 0.6) is 6.01 Å². The molecule has 4 rings (SSSR count). The van der Waals surface area contributed by atoms with Crippen molar-refractivity contribution in [3.63, 3.8) is 0 Å². The van der Waals surface area contributed by atoms with Gasteiger partial charge in [-0.2, -0.15) is 4.98 Å². The molecule has 0 spiro atoms. The molecule has 9 heteroatoms. The van der Waals surface area contributed by atoms with E-state index in [4.69, 9.17) is 4.74 Å². The number of sulfonamides is 1. The van der Waals surface area contributed by atoms with E-state index in [0.717, 1.165) is 4.31 Å². The Bertz CT molecular complexity index is 896. The third-order valence-electron chi connectivity index (χ3n) is 4.05. The van der Waals surface area contributed by atoms with Crippen molar-refractivity contribution in [2.45, 2.75) is 36.3 Å². The first kappa shape index (κ1) is 15.3. The van der Waals surface area contributed by atoms with Gasteiger partial charge in [-0.1, -0.05) is 18.2 Å². The molecule has 0 N–H and O–H groups in total. The molecule has 1 aliphatic heterocycles. The minimum atomic E-state index is -3.69. The summed E-state index contributed by atoms with van der Waals surface area (Å²) in [6.45, 7) is 0.163. The van der Waals surface area contributed by atoms with Crippen LogP contribution in [0.3, 0.4) is 0 Å². The highest BCUT2D eigenvalue weighted by Crippen LogP contribution is 2.39. The average Bonchev–Trinajstić information content (AvgIpc) is 2.78. The van der Waals surface area contributed by atoms with Crippen molar-refractivity contribution in [2.24, 2.45) is 0 Å². The Labute approximate surface area is 137 Å². The zero-order valence-corrected chi connectivity index (χ0v) is 13.2. The molecule has 0 saturated heterocycles. The van der Waals surface area contributed by atoms with E-state index in [1.807, 2.05) is 0 Å². The van der Waals surface area contributed by atoms with Gasteiger partial charge in [0, 0.05) is 25.1 Å². The lowest BCUT2D eigenvalue weighted by molar-refractivity contribution is -0.136. The lowest BCUT2D eigenvalue weighted by Gasteiger charge is -2.34. The summed E-state index contributed by atoms with van der Waals surface area (Å²) in [5.41, 5.74) is 0.678. The molecule has 0 bridgehead atoms. The van der Waals surface area contributed by atoms with Gasteiger partial charge in [0.05, 0.1) is 11.4 Å². The summed E-state index contributed by atoms with van der Waals surface area (Å²) in [4.78, 5) is 8.19. The van der Waals surface area contributed by atoms with Crippen molar-refractivity contribution in [1.29, 1.82) is 0 Å². The Morgan fingerprint density at radius 1 is 1.21 bits per heavy atom. The standard InChI is InChI=1S/C15H13F2N3O3S/c16-15(17)7-11(8-15)23-14-18-6-5-13(19-14)20-9-10-3-1-2-4-12(10)24(20,21)22/h1-6,11H,7-9H2. The summed E-state index contributed by atoms with van der Waals surface area (Å²) in [5, 5.41) is 0. The number of hydrogen-bond donors (Lipinski definition) is 0. The first-order valence-corrected chi connectivity index (χ1v) is 8.77. The minimum Gasteiger partial charge on any atom is -0.460 e. The molecular weight excluding hydrogens is 340 g/mol. The van der Waals surface area contributed by atoms with Gasteiger partial charge in [-0.15, -0.1) is 0 Å². The van der Waals surface area contributed by atoms with Crippen LogP contribution >= 0.6 is 0 Å². The second-order valence-corrected chi connectivity index (χ2v) is 7.65. The van der Waals surface area contributed by atoms with Gasteiger partial charge >= 0.3 is 6.01 Å². The van der Waals surface area contributed by atoms with E-state index in [1.165, 1.54) is 12.3 Å². The maximum absolute atomic E-state index is 12.9. The molecule has 126 valence electrons. The van der Waals surface area contributed by atoms with Crippen molar-refractivity contribution in [1.82, 2.24) is 9.97 Å². The summed E-state index contributed by atoms with van der Waals surface area (Å²) in [7, 11) is -3.69. The highest BCUT2D eigenvalue weighted by atomic mass is 32.2. The summed E-state index contributed by atoms with van der Waals surface area (Å²) in [6.07, 6.45) is -0.0580. The number of hydrogen-bond acceptors (Lipinski definition) is 5. The number of halogens is 2. The summed E-state index contributed by atoms with van der Waals surface area (Å²) in [6, 6.07) is 8.06. The minimum absolute atomic E-state index is 0.0980. The van der Waals surface area contributed by atoms with Crippen LogP contribution in [0.4, 0.5) is 14.6 Å². The normalized spacial score (nSPS) is 21.2. The Balaban J connectivity index is 1.59. The van der Waals surface area contributed by atoms with Gasteiger partial charge in [0.1, 0.15) is 11.9 Å². The lowest BCUT2D eigenvalue weighted by Crippen LogP contribution is -2.43. The molecule has 2 aliphatic rings. The zero-order valence-electron chi connectivity index (χ0n) is 12.4. The van der Waals surface area contributed by atoms with Gasteiger partial charge in [-0.3, -0.25) is 0 Å². The third-order valence-corrected chi connectivity index (χ3v) is 5.90. The molecule has 0 radical (unpaired) electrons. The summed E-state index contributed by atoms with van der Waals surface area (Å²) < 4.78 is 57.4. The maximum Gasteiger partial charge on any atom is 0.318 e. The predicted octanol–water partition coefficient (Wildman–Crippen LogP) is 2.36. The van der Waals surface area contributed by atoms with E-state index in [1.54, 1.807) is 24.3 Å². The van der Waals surface area contributed by atoms with Crippen molar-refractivity contribution in [3.8, 4) is 6.01 Å². The van der Waals surface area contributed by atoms with Gasteiger partial charge in [0.2, 0.25) is 0 Å². The molecule has 0 unspecified atom stereocenters. The van der Waals surface area contributed by atoms with E-state index in [-0.39, 0.29) is 36.1 Å². The van der Waals surface area contributed by atoms with E-state index >= 15 is 0 Å². The number of aromatic nitrogens is 2. The van der Waals surface area contributed by atoms with Crippen molar-refractivity contribution in [2.75, 3.05) is 4.31 Å². The fraction of sp³-hybridized carbons (Fsp3) is 0.333. The van der Waals surface area contributed by atoms with Crippen LogP contribution in [0.1, 0.15) is 18.4 Å². The Morgan fingerprint density at radius 3 is 2.67 bits per heavy atom. The number of benzene rings is 1. The highest BCUT2D eigenvalue weighted by Gasteiger charge is 2.47. The Hall–Kier alpha value is -2.29. The fourth-order valence-electron chi connectivity index (χ4n) is 2.81. The number of alkyl halides is 2. The quantitative estimate of drug-likeness (QED) is 0.847. The average molecular weight is 353 g/mol. The second-order valence-electron chi connectivity index (χ2n) is 5.82. The van der Waals surface area contributed by atoms with Crippen molar-refractivity contribution in [3.05, 3.63) is 42.1 Å². The number of fused-ring (bicyclic) bond motifs is 1. The summed E-state index contributed by atoms with van der Waals surface area (Å²) >= 11 is 0. The van der Waals surface area contributed by atoms with Crippen molar-refractivity contribution >= 4 is 15.8 Å². The van der Waals surface area contributed by atoms with Gasteiger partial charge in [-0.05, 0) is 11.6 Å². The van der Waals surface area contributed by atoms with Crippen LogP contribution in [0.15, 0.2) is 41.4 Å². The van der Waals surface area contributed by atoms with E-state index in [2.05, 4.69) is 9.97 Å². The monoisotopic (exact) mass is 353 g/mol. The van der Waals surface area contributed by atoms with Crippen LogP contribution in [0, 0.1) is 0 Å². The lowest BCUT2D eigenvalue weighted by atomic mass is 9.91. The molecule has 1 aromatic carbocycles. The van der Waals surface area contributed by atoms with E-state index < -0.39 is 22.0 Å². The zero-order chi connectivity index (χ0) is 16.9. The molecule has 1 saturated carbocycles. The highest BCUT2D eigenvalue weighted by molar-refractivity contribution is 7.93. The van der Waals surface area contributed by atoms with Crippen LogP contribution in [0.2, 0.25) is 0 Å². The second kappa shape index (κ2) is 5.10. The molecule has 6 nitrogen and oxygen atoms in total. The number of anilines is 1. The third kappa shape index (κ3) is 2.48.